The van der Waals surface area contributed by atoms with Crippen molar-refractivity contribution in [1.82, 2.24) is 9.97 Å². The van der Waals surface area contributed by atoms with Gasteiger partial charge in [0.25, 0.3) is 0 Å². The van der Waals surface area contributed by atoms with E-state index in [2.05, 4.69) is 9.97 Å². The number of halogens is 1. The molecule has 2 unspecified atom stereocenters. The van der Waals surface area contributed by atoms with Crippen molar-refractivity contribution in [2.45, 2.75) is 12.2 Å². The van der Waals surface area contributed by atoms with Crippen LogP contribution in [0.25, 0.3) is 0 Å². The van der Waals surface area contributed by atoms with Crippen molar-refractivity contribution < 1.29 is 20.1 Å². The van der Waals surface area contributed by atoms with E-state index in [9.17, 15) is 9.90 Å². The van der Waals surface area contributed by atoms with E-state index >= 15 is 0 Å². The molecule has 0 saturated carbocycles. The molecule has 0 amide bonds. The van der Waals surface area contributed by atoms with Gasteiger partial charge in [-0.05, 0) is 11.6 Å². The van der Waals surface area contributed by atoms with Crippen molar-refractivity contribution in [3.63, 3.8) is 0 Å². The Morgan fingerprint density at radius 1 is 1.36 bits per heavy atom. The van der Waals surface area contributed by atoms with Gasteiger partial charge in [-0.3, -0.25) is 0 Å². The zero-order chi connectivity index (χ0) is 10.7. The van der Waals surface area contributed by atoms with Crippen molar-refractivity contribution in [2.24, 2.45) is 0 Å². The number of carboxylic acids is 1. The fourth-order valence-corrected chi connectivity index (χ4v) is 0.890. The van der Waals surface area contributed by atoms with Gasteiger partial charge in [0.05, 0.1) is 0 Å². The first kappa shape index (κ1) is 10.8. The molecule has 14 heavy (non-hydrogen) atoms. The Kier molecular flexibility index (Phi) is 3.34. The Bertz CT molecular complexity index is 329. The van der Waals surface area contributed by atoms with Crippen LogP contribution in [0.5, 0.6) is 0 Å². The monoisotopic (exact) mass is 218 g/mol. The van der Waals surface area contributed by atoms with Gasteiger partial charge in [0.2, 0.25) is 5.28 Å². The van der Waals surface area contributed by atoms with Gasteiger partial charge in [-0.25, -0.2) is 14.8 Å². The Labute approximate surface area is 83.8 Å². The first-order valence-corrected chi connectivity index (χ1v) is 3.96. The van der Waals surface area contributed by atoms with Gasteiger partial charge in [0, 0.05) is 18.0 Å². The predicted octanol–water partition coefficient (Wildman–Crippen LogP) is -0.391. The number of aliphatic hydroxyl groups is 2. The molecule has 0 spiro atoms. The second-order valence-corrected chi connectivity index (χ2v) is 2.85. The van der Waals surface area contributed by atoms with E-state index in [0.717, 1.165) is 12.4 Å². The van der Waals surface area contributed by atoms with Crippen LogP contribution in [0.4, 0.5) is 0 Å². The van der Waals surface area contributed by atoms with Crippen LogP contribution in [0, 0.1) is 0 Å². The summed E-state index contributed by atoms with van der Waals surface area (Å²) in [6, 6.07) is 0. The zero-order valence-corrected chi connectivity index (χ0v) is 7.59. The van der Waals surface area contributed by atoms with E-state index in [0.29, 0.717) is 0 Å². The predicted molar refractivity (Wildman–Crippen MR) is 45.6 cm³/mol. The van der Waals surface area contributed by atoms with Crippen molar-refractivity contribution in [2.75, 3.05) is 0 Å². The van der Waals surface area contributed by atoms with Crippen molar-refractivity contribution in [3.8, 4) is 0 Å². The highest BCUT2D eigenvalue weighted by Gasteiger charge is 2.25. The number of rotatable bonds is 3. The summed E-state index contributed by atoms with van der Waals surface area (Å²) in [5, 5.41) is 26.6. The van der Waals surface area contributed by atoms with Gasteiger partial charge in [-0.1, -0.05) is 0 Å². The fourth-order valence-electron chi connectivity index (χ4n) is 0.792. The van der Waals surface area contributed by atoms with Crippen LogP contribution in [0.1, 0.15) is 11.7 Å². The summed E-state index contributed by atoms with van der Waals surface area (Å²) in [6.07, 6.45) is -1.18. The molecule has 0 aromatic carbocycles. The molecule has 0 saturated heterocycles. The van der Waals surface area contributed by atoms with Crippen LogP contribution in [-0.4, -0.2) is 37.4 Å². The number of aliphatic hydroxyl groups excluding tert-OH is 2. The van der Waals surface area contributed by atoms with Gasteiger partial charge in [0.1, 0.15) is 6.10 Å². The van der Waals surface area contributed by atoms with E-state index in [1.165, 1.54) is 0 Å². The molecule has 76 valence electrons. The molecule has 1 heterocycles. The Balaban J connectivity index is 2.84. The normalized spacial score (nSPS) is 14.8. The molecule has 0 aliphatic heterocycles. The number of hydrogen-bond acceptors (Lipinski definition) is 5. The first-order chi connectivity index (χ1) is 6.52. The van der Waals surface area contributed by atoms with Crippen LogP contribution < -0.4 is 0 Å². The molecule has 0 aliphatic rings. The highest BCUT2D eigenvalue weighted by atomic mass is 35.5. The van der Waals surface area contributed by atoms with E-state index in [1.54, 1.807) is 0 Å². The van der Waals surface area contributed by atoms with E-state index < -0.39 is 18.2 Å². The minimum atomic E-state index is -1.90. The smallest absolute Gasteiger partial charge is 0.335 e. The van der Waals surface area contributed by atoms with Crippen LogP contribution in [0.15, 0.2) is 12.4 Å². The lowest BCUT2D eigenvalue weighted by molar-refractivity contribution is -0.153. The molecular weight excluding hydrogens is 212 g/mol. The van der Waals surface area contributed by atoms with Crippen LogP contribution >= 0.6 is 11.6 Å². The number of nitrogens with zero attached hydrogens (tertiary/aromatic N) is 2. The minimum absolute atomic E-state index is 0.0224. The van der Waals surface area contributed by atoms with Crippen molar-refractivity contribution in [1.29, 1.82) is 0 Å². The highest BCUT2D eigenvalue weighted by Crippen LogP contribution is 2.15. The third-order valence-corrected chi connectivity index (χ3v) is 1.73. The molecule has 0 fully saturated rings. The SMILES string of the molecule is O=C(O)C(O)C(O)c1cnc(Cl)nc1. The van der Waals surface area contributed by atoms with E-state index in [1.807, 2.05) is 0 Å². The second kappa shape index (κ2) is 4.32. The quantitative estimate of drug-likeness (QED) is 0.597. The zero-order valence-electron chi connectivity index (χ0n) is 6.83. The van der Waals surface area contributed by atoms with Crippen molar-refractivity contribution >= 4 is 17.6 Å². The van der Waals surface area contributed by atoms with E-state index in [-0.39, 0.29) is 10.8 Å². The van der Waals surface area contributed by atoms with Crippen LogP contribution in [-0.2, 0) is 4.79 Å². The number of carbonyl (C=O) groups is 1. The van der Waals surface area contributed by atoms with Crippen LogP contribution in [0.3, 0.4) is 0 Å². The lowest BCUT2D eigenvalue weighted by atomic mass is 10.1. The number of carboxylic acid groups (broad SMARTS) is 1. The van der Waals surface area contributed by atoms with Crippen LogP contribution in [0.2, 0.25) is 5.28 Å². The second-order valence-electron chi connectivity index (χ2n) is 2.51. The minimum Gasteiger partial charge on any atom is -0.479 e. The third kappa shape index (κ3) is 2.38. The summed E-state index contributed by atoms with van der Waals surface area (Å²) in [7, 11) is 0. The van der Waals surface area contributed by atoms with Gasteiger partial charge >= 0.3 is 5.97 Å². The number of hydrogen-bond donors (Lipinski definition) is 3. The van der Waals surface area contributed by atoms with E-state index in [4.69, 9.17) is 21.8 Å². The fraction of sp³-hybridized carbons (Fsp3) is 0.286. The van der Waals surface area contributed by atoms with Gasteiger partial charge in [0.15, 0.2) is 6.10 Å². The summed E-state index contributed by atoms with van der Waals surface area (Å²) in [6.45, 7) is 0. The Morgan fingerprint density at radius 2 is 1.86 bits per heavy atom. The molecule has 1 aromatic heterocycles. The molecule has 6 nitrogen and oxygen atoms in total. The average Bonchev–Trinajstić information content (AvgIpc) is 2.16. The lowest BCUT2D eigenvalue weighted by Gasteiger charge is -2.12. The van der Waals surface area contributed by atoms with Gasteiger partial charge in [-0.15, -0.1) is 0 Å². The topological polar surface area (TPSA) is 104 Å². The molecule has 2 atom stereocenters. The lowest BCUT2D eigenvalue weighted by Crippen LogP contribution is -2.27. The number of aliphatic carboxylic acids is 1. The Hall–Kier alpha value is -1.24. The maximum Gasteiger partial charge on any atom is 0.335 e. The summed E-state index contributed by atoms with van der Waals surface area (Å²) in [5.41, 5.74) is 0.0873. The molecule has 7 heteroatoms. The van der Waals surface area contributed by atoms with Gasteiger partial charge < -0.3 is 15.3 Å². The largest absolute Gasteiger partial charge is 0.479 e. The molecule has 1 aromatic rings. The molecule has 1 rings (SSSR count). The first-order valence-electron chi connectivity index (χ1n) is 3.58. The summed E-state index contributed by atoms with van der Waals surface area (Å²) in [4.78, 5) is 17.4. The highest BCUT2D eigenvalue weighted by molar-refractivity contribution is 6.28. The summed E-state index contributed by atoms with van der Waals surface area (Å²) < 4.78 is 0. The standard InChI is InChI=1S/C7H7ClN2O4/c8-7-9-1-3(2-10-7)4(11)5(12)6(13)14/h1-2,4-5,11-12H,(H,13,14). The Morgan fingerprint density at radius 3 is 2.29 bits per heavy atom. The van der Waals surface area contributed by atoms with Crippen molar-refractivity contribution in [3.05, 3.63) is 23.2 Å². The number of aromatic nitrogens is 2. The summed E-state index contributed by atoms with van der Waals surface area (Å²) in [5.74, 6) is -1.52. The molecular formula is C7H7ClN2O4. The molecule has 0 aliphatic carbocycles. The average molecular weight is 219 g/mol. The molecule has 0 radical (unpaired) electrons. The molecule has 0 bridgehead atoms. The van der Waals surface area contributed by atoms with Gasteiger partial charge in [-0.2, -0.15) is 0 Å². The summed E-state index contributed by atoms with van der Waals surface area (Å²) >= 11 is 5.38. The third-order valence-electron chi connectivity index (χ3n) is 1.53. The maximum atomic E-state index is 10.3. The maximum absolute atomic E-state index is 10.3. The molecule has 3 N–H and O–H groups in total.